The summed E-state index contributed by atoms with van der Waals surface area (Å²) in [6.07, 6.45) is 1.36. The topological polar surface area (TPSA) is 112 Å². The summed E-state index contributed by atoms with van der Waals surface area (Å²) in [7, 11) is 0. The van der Waals surface area contributed by atoms with Crippen LogP contribution in [0.3, 0.4) is 0 Å². The maximum Gasteiger partial charge on any atom is 0.270 e. The van der Waals surface area contributed by atoms with Crippen LogP contribution >= 0.6 is 12.2 Å². The number of non-ortho nitro benzene ring substituents is 1. The van der Waals surface area contributed by atoms with E-state index in [1.54, 1.807) is 0 Å². The number of nitrogens with zero attached hydrogens (tertiary/aromatic N) is 2. The molecule has 0 spiro atoms. The molecule has 2 aromatic carbocycles. The Morgan fingerprint density at radius 1 is 1.24 bits per heavy atom. The fourth-order valence-electron chi connectivity index (χ4n) is 2.59. The van der Waals surface area contributed by atoms with Gasteiger partial charge in [0.15, 0.2) is 5.11 Å². The summed E-state index contributed by atoms with van der Waals surface area (Å²) in [6.45, 7) is 6.81. The maximum absolute atomic E-state index is 11.0. The van der Waals surface area contributed by atoms with Crippen molar-refractivity contribution >= 4 is 29.2 Å². The SMILES string of the molecule is Cc1ccc(C(C)C)c(OCCOc2ccc([N+](=O)[O-])cc2C=NNC(N)=S)c1. The summed E-state index contributed by atoms with van der Waals surface area (Å²) >= 11 is 4.68. The quantitative estimate of drug-likeness (QED) is 0.211. The van der Waals surface area contributed by atoms with E-state index in [1.807, 2.05) is 13.0 Å². The van der Waals surface area contributed by atoms with E-state index in [4.69, 9.17) is 15.2 Å². The first-order chi connectivity index (χ1) is 13.8. The molecule has 154 valence electrons. The zero-order valence-corrected chi connectivity index (χ0v) is 17.4. The van der Waals surface area contributed by atoms with Crippen LogP contribution in [0.1, 0.15) is 36.5 Å². The molecule has 0 fully saturated rings. The molecule has 0 amide bonds. The molecule has 0 saturated carbocycles. The van der Waals surface area contributed by atoms with Gasteiger partial charge in [0.05, 0.1) is 11.1 Å². The molecule has 0 saturated heterocycles. The summed E-state index contributed by atoms with van der Waals surface area (Å²) in [4.78, 5) is 10.5. The summed E-state index contributed by atoms with van der Waals surface area (Å²) in [5.41, 5.74) is 10.3. The number of nitrogens with one attached hydrogen (secondary N) is 1. The first kappa shape index (κ1) is 22.1. The van der Waals surface area contributed by atoms with Gasteiger partial charge >= 0.3 is 0 Å². The predicted octanol–water partition coefficient (Wildman–Crippen LogP) is 3.65. The summed E-state index contributed by atoms with van der Waals surface area (Å²) < 4.78 is 11.7. The first-order valence-electron chi connectivity index (χ1n) is 9.01. The van der Waals surface area contributed by atoms with Gasteiger partial charge in [0.25, 0.3) is 5.69 Å². The van der Waals surface area contributed by atoms with Crippen molar-refractivity contribution in [2.24, 2.45) is 10.8 Å². The first-order valence-corrected chi connectivity index (χ1v) is 9.42. The van der Waals surface area contributed by atoms with Gasteiger partial charge in [-0.25, -0.2) is 0 Å². The minimum atomic E-state index is -0.490. The standard InChI is InChI=1S/C20H24N4O4S/c1-13(2)17-6-4-14(3)10-19(17)28-9-8-27-18-7-5-16(24(25)26)11-15(18)12-22-23-20(21)29/h4-7,10-13H,8-9H2,1-3H3,(H3,21,23,29). The van der Waals surface area contributed by atoms with Crippen LogP contribution in [-0.4, -0.2) is 29.5 Å². The number of nitro groups is 1. The lowest BCUT2D eigenvalue weighted by molar-refractivity contribution is -0.384. The van der Waals surface area contributed by atoms with Crippen molar-refractivity contribution in [2.45, 2.75) is 26.7 Å². The zero-order chi connectivity index (χ0) is 21.4. The van der Waals surface area contributed by atoms with E-state index in [1.165, 1.54) is 24.4 Å². The van der Waals surface area contributed by atoms with Crippen molar-refractivity contribution in [3.63, 3.8) is 0 Å². The van der Waals surface area contributed by atoms with E-state index < -0.39 is 4.92 Å². The summed E-state index contributed by atoms with van der Waals surface area (Å²) in [5, 5.41) is 14.9. The molecule has 8 nitrogen and oxygen atoms in total. The van der Waals surface area contributed by atoms with E-state index in [0.717, 1.165) is 16.9 Å². The van der Waals surface area contributed by atoms with Crippen LogP contribution in [-0.2, 0) is 0 Å². The number of hydrogen-bond acceptors (Lipinski definition) is 6. The van der Waals surface area contributed by atoms with Gasteiger partial charge in [-0.3, -0.25) is 15.5 Å². The van der Waals surface area contributed by atoms with Crippen molar-refractivity contribution in [1.82, 2.24) is 5.43 Å². The number of rotatable bonds is 9. The van der Waals surface area contributed by atoms with Crippen molar-refractivity contribution in [3.05, 3.63) is 63.2 Å². The number of aryl methyl sites for hydroxylation is 1. The molecule has 0 aliphatic carbocycles. The van der Waals surface area contributed by atoms with Crippen LogP contribution in [0.15, 0.2) is 41.5 Å². The van der Waals surface area contributed by atoms with E-state index >= 15 is 0 Å². The van der Waals surface area contributed by atoms with Gasteiger partial charge in [0.1, 0.15) is 24.7 Å². The number of ether oxygens (including phenoxy) is 2. The molecule has 0 heterocycles. The minimum Gasteiger partial charge on any atom is -0.490 e. The third-order valence-corrected chi connectivity index (χ3v) is 4.06. The second kappa shape index (κ2) is 10.4. The fourth-order valence-corrected chi connectivity index (χ4v) is 2.65. The van der Waals surface area contributed by atoms with Crippen LogP contribution in [0.5, 0.6) is 11.5 Å². The number of hydrogen-bond donors (Lipinski definition) is 2. The largest absolute Gasteiger partial charge is 0.490 e. The third-order valence-electron chi connectivity index (χ3n) is 3.97. The van der Waals surface area contributed by atoms with Crippen molar-refractivity contribution in [2.75, 3.05) is 13.2 Å². The normalized spacial score (nSPS) is 10.9. The van der Waals surface area contributed by atoms with E-state index in [9.17, 15) is 10.1 Å². The highest BCUT2D eigenvalue weighted by atomic mass is 32.1. The number of nitrogens with two attached hydrogens (primary N) is 1. The smallest absolute Gasteiger partial charge is 0.270 e. The van der Waals surface area contributed by atoms with Crippen LogP contribution in [0.2, 0.25) is 0 Å². The minimum absolute atomic E-state index is 0.0124. The van der Waals surface area contributed by atoms with Gasteiger partial charge in [-0.2, -0.15) is 5.10 Å². The number of hydrazone groups is 1. The molecule has 0 aromatic heterocycles. The average Bonchev–Trinajstić information content (AvgIpc) is 2.65. The van der Waals surface area contributed by atoms with E-state index in [2.05, 4.69) is 48.7 Å². The molecule has 0 atom stereocenters. The van der Waals surface area contributed by atoms with Crippen molar-refractivity contribution in [3.8, 4) is 11.5 Å². The highest BCUT2D eigenvalue weighted by Crippen LogP contribution is 2.27. The molecular formula is C20H24N4O4S. The highest BCUT2D eigenvalue weighted by Gasteiger charge is 2.12. The lowest BCUT2D eigenvalue weighted by Crippen LogP contribution is -2.24. The van der Waals surface area contributed by atoms with E-state index in [0.29, 0.717) is 23.8 Å². The number of benzene rings is 2. The van der Waals surface area contributed by atoms with Crippen molar-refractivity contribution < 1.29 is 14.4 Å². The molecule has 2 aromatic rings. The molecule has 0 aliphatic heterocycles. The highest BCUT2D eigenvalue weighted by molar-refractivity contribution is 7.80. The molecule has 9 heteroatoms. The Kier molecular flexibility index (Phi) is 7.90. The zero-order valence-electron chi connectivity index (χ0n) is 16.5. The Bertz CT molecular complexity index is 915. The Balaban J connectivity index is 2.06. The van der Waals surface area contributed by atoms with Gasteiger partial charge < -0.3 is 15.2 Å². The molecule has 0 unspecified atom stereocenters. The second-order valence-electron chi connectivity index (χ2n) is 6.61. The average molecular weight is 417 g/mol. The summed E-state index contributed by atoms with van der Waals surface area (Å²) in [5.74, 6) is 1.60. The Morgan fingerprint density at radius 3 is 2.55 bits per heavy atom. The maximum atomic E-state index is 11.0. The predicted molar refractivity (Wildman–Crippen MR) is 117 cm³/mol. The van der Waals surface area contributed by atoms with Gasteiger partial charge in [-0.1, -0.05) is 26.0 Å². The molecule has 3 N–H and O–H groups in total. The van der Waals surface area contributed by atoms with Crippen molar-refractivity contribution in [1.29, 1.82) is 0 Å². The third kappa shape index (κ3) is 6.72. The van der Waals surface area contributed by atoms with E-state index in [-0.39, 0.29) is 17.4 Å². The van der Waals surface area contributed by atoms with Crippen LogP contribution in [0.25, 0.3) is 0 Å². The molecule has 29 heavy (non-hydrogen) atoms. The molecule has 0 bridgehead atoms. The molecule has 2 rings (SSSR count). The van der Waals surface area contributed by atoms with Gasteiger partial charge in [-0.05, 0) is 48.3 Å². The second-order valence-corrected chi connectivity index (χ2v) is 7.05. The van der Waals surface area contributed by atoms with Crippen LogP contribution < -0.4 is 20.6 Å². The Labute approximate surface area is 174 Å². The Hall–Kier alpha value is -3.20. The van der Waals surface area contributed by atoms with Crippen LogP contribution in [0, 0.1) is 17.0 Å². The van der Waals surface area contributed by atoms with Gasteiger partial charge in [0, 0.05) is 17.7 Å². The van der Waals surface area contributed by atoms with Gasteiger partial charge in [-0.15, -0.1) is 0 Å². The lowest BCUT2D eigenvalue weighted by atomic mass is 10.0. The van der Waals surface area contributed by atoms with Crippen LogP contribution in [0.4, 0.5) is 5.69 Å². The monoisotopic (exact) mass is 416 g/mol. The fraction of sp³-hybridized carbons (Fsp3) is 0.300. The Morgan fingerprint density at radius 2 is 1.93 bits per heavy atom. The van der Waals surface area contributed by atoms with Gasteiger partial charge in [0.2, 0.25) is 0 Å². The molecule has 0 radical (unpaired) electrons. The molecule has 0 aliphatic rings. The number of thiocarbonyl (C=S) groups is 1. The number of nitro benzene ring substituents is 1. The molecular weight excluding hydrogens is 392 g/mol. The summed E-state index contributed by atoms with van der Waals surface area (Å²) in [6, 6.07) is 10.4. The lowest BCUT2D eigenvalue weighted by Gasteiger charge is -2.15.